The van der Waals surface area contributed by atoms with Crippen LogP contribution in [0.5, 0.6) is 11.5 Å². The number of benzene rings is 2. The fourth-order valence-corrected chi connectivity index (χ4v) is 4.62. The lowest BCUT2D eigenvalue weighted by atomic mass is 10.0. The van der Waals surface area contributed by atoms with Crippen LogP contribution in [0, 0.1) is 12.8 Å². The van der Waals surface area contributed by atoms with Crippen molar-refractivity contribution in [2.24, 2.45) is 5.92 Å². The summed E-state index contributed by atoms with van der Waals surface area (Å²) in [5, 5.41) is 8.25. The molecule has 0 saturated heterocycles. The van der Waals surface area contributed by atoms with E-state index in [1.807, 2.05) is 32.9 Å². The summed E-state index contributed by atoms with van der Waals surface area (Å²) in [6, 6.07) is 10.8. The Morgan fingerprint density at radius 1 is 1.10 bits per heavy atom. The predicted octanol–water partition coefficient (Wildman–Crippen LogP) is 3.18. The molecule has 3 N–H and O–H groups in total. The van der Waals surface area contributed by atoms with E-state index in [0.29, 0.717) is 18.1 Å². The van der Waals surface area contributed by atoms with Gasteiger partial charge in [-0.25, -0.2) is 0 Å². The molecule has 0 spiro atoms. The first-order chi connectivity index (χ1) is 20.0. The number of rotatable bonds is 8. The largest absolute Gasteiger partial charge is 0.491 e. The number of hydrogen-bond donors (Lipinski definition) is 3. The van der Waals surface area contributed by atoms with Gasteiger partial charge in [-0.3, -0.25) is 19.2 Å². The zero-order chi connectivity index (χ0) is 30.8. The number of likely N-dealkylation sites (N-methyl/N-ethyl adjacent to an activating group) is 1. The number of hydrogen-bond acceptors (Lipinski definition) is 6. The van der Waals surface area contributed by atoms with E-state index in [1.165, 1.54) is 4.90 Å². The number of ether oxygens (including phenoxy) is 2. The van der Waals surface area contributed by atoms with Gasteiger partial charge in [0.05, 0.1) is 25.1 Å². The van der Waals surface area contributed by atoms with Crippen LogP contribution in [0.15, 0.2) is 42.5 Å². The van der Waals surface area contributed by atoms with E-state index < -0.39 is 29.8 Å². The molecule has 0 bridgehead atoms. The molecule has 1 aliphatic rings. The van der Waals surface area contributed by atoms with Gasteiger partial charge in [-0.1, -0.05) is 52.0 Å². The summed E-state index contributed by atoms with van der Waals surface area (Å²) in [5.41, 5.74) is 2.36. The van der Waals surface area contributed by atoms with Crippen molar-refractivity contribution in [3.05, 3.63) is 59.2 Å². The highest BCUT2D eigenvalue weighted by Crippen LogP contribution is 2.24. The van der Waals surface area contributed by atoms with E-state index in [4.69, 9.17) is 9.47 Å². The number of nitrogens with zero attached hydrogens (tertiary/aromatic N) is 1. The molecule has 10 nitrogen and oxygen atoms in total. The van der Waals surface area contributed by atoms with Crippen molar-refractivity contribution in [1.82, 2.24) is 20.9 Å². The maximum Gasteiger partial charge on any atom is 0.255 e. The Bertz CT molecular complexity index is 1260. The van der Waals surface area contributed by atoms with Gasteiger partial charge >= 0.3 is 0 Å². The second-order valence-electron chi connectivity index (χ2n) is 11.4. The first kappa shape index (κ1) is 32.4. The number of amides is 4. The second-order valence-corrected chi connectivity index (χ2v) is 11.4. The summed E-state index contributed by atoms with van der Waals surface area (Å²) in [6.45, 7) is 10.9. The summed E-state index contributed by atoms with van der Waals surface area (Å²) in [4.78, 5) is 54.4. The molecular formula is C32H44N4O6. The first-order valence-electron chi connectivity index (χ1n) is 14.5. The quantitative estimate of drug-likeness (QED) is 0.412. The Morgan fingerprint density at radius 3 is 2.55 bits per heavy atom. The molecule has 0 radical (unpaired) electrons. The molecule has 42 heavy (non-hydrogen) atoms. The van der Waals surface area contributed by atoms with Crippen molar-refractivity contribution in [1.29, 1.82) is 0 Å². The van der Waals surface area contributed by atoms with Gasteiger partial charge in [0, 0.05) is 7.05 Å². The number of nitrogens with one attached hydrogen (secondary N) is 3. The van der Waals surface area contributed by atoms with E-state index in [1.54, 1.807) is 31.3 Å². The van der Waals surface area contributed by atoms with Crippen LogP contribution in [0.1, 0.15) is 67.9 Å². The minimum Gasteiger partial charge on any atom is -0.491 e. The summed E-state index contributed by atoms with van der Waals surface area (Å²) in [7, 11) is 1.65. The molecule has 0 unspecified atom stereocenters. The van der Waals surface area contributed by atoms with Crippen LogP contribution in [0.3, 0.4) is 0 Å². The molecule has 228 valence electrons. The minimum atomic E-state index is -1.19. The fraction of sp³-hybridized carbons (Fsp3) is 0.500. The minimum absolute atomic E-state index is 0.137. The topological polar surface area (TPSA) is 126 Å². The average molecular weight is 581 g/mol. The molecule has 3 rings (SSSR count). The smallest absolute Gasteiger partial charge is 0.255 e. The Labute approximate surface area is 248 Å². The molecule has 2 aromatic rings. The zero-order valence-corrected chi connectivity index (χ0v) is 25.5. The van der Waals surface area contributed by atoms with Crippen LogP contribution in [0.25, 0.3) is 0 Å². The lowest BCUT2D eigenvalue weighted by Crippen LogP contribution is -2.53. The van der Waals surface area contributed by atoms with Crippen LogP contribution >= 0.6 is 0 Å². The van der Waals surface area contributed by atoms with Gasteiger partial charge in [0.25, 0.3) is 5.91 Å². The maximum absolute atomic E-state index is 13.3. The molecule has 0 aromatic heterocycles. The van der Waals surface area contributed by atoms with E-state index >= 15 is 0 Å². The number of carbonyl (C=O) groups excluding carboxylic acids is 4. The summed E-state index contributed by atoms with van der Waals surface area (Å²) in [6.07, 6.45) is 0.0825. The zero-order valence-electron chi connectivity index (χ0n) is 25.5. The van der Waals surface area contributed by atoms with Gasteiger partial charge < -0.3 is 30.3 Å². The Kier molecular flexibility index (Phi) is 11.8. The molecule has 4 amide bonds. The molecular weight excluding hydrogens is 536 g/mol. The van der Waals surface area contributed by atoms with Crippen LogP contribution in [0.4, 0.5) is 0 Å². The Hall–Kier alpha value is -4.08. The van der Waals surface area contributed by atoms with Gasteiger partial charge in [0.1, 0.15) is 36.8 Å². The van der Waals surface area contributed by atoms with Crippen molar-refractivity contribution >= 4 is 23.6 Å². The summed E-state index contributed by atoms with van der Waals surface area (Å²) < 4.78 is 11.8. The third-order valence-electron chi connectivity index (χ3n) is 7.08. The summed E-state index contributed by atoms with van der Waals surface area (Å²) in [5.74, 6) is -0.292. The van der Waals surface area contributed by atoms with Crippen molar-refractivity contribution in [3.8, 4) is 11.5 Å². The SMILES string of the molecule is Cc1ccc(C(C)C)cc1OCCNC(=O)[C@@H]1CC(=O)N[C@@H](CC(C)C)C(=O)N(C)CCOc2ccccc2C(=O)N1. The Balaban J connectivity index is 1.76. The number of para-hydroxylation sites is 1. The van der Waals surface area contributed by atoms with Gasteiger partial charge in [-0.05, 0) is 54.5 Å². The second kappa shape index (κ2) is 15.2. The molecule has 0 fully saturated rings. The van der Waals surface area contributed by atoms with E-state index in [9.17, 15) is 19.2 Å². The number of aryl methyl sites for hydroxylation is 1. The molecule has 10 heteroatoms. The van der Waals surface area contributed by atoms with Crippen LogP contribution in [-0.4, -0.2) is 74.0 Å². The lowest BCUT2D eigenvalue weighted by molar-refractivity contribution is -0.136. The average Bonchev–Trinajstić information content (AvgIpc) is 2.94. The highest BCUT2D eigenvalue weighted by molar-refractivity contribution is 6.01. The highest BCUT2D eigenvalue weighted by atomic mass is 16.5. The molecule has 0 aliphatic carbocycles. The molecule has 1 aliphatic heterocycles. The van der Waals surface area contributed by atoms with Gasteiger partial charge in [-0.2, -0.15) is 0 Å². The van der Waals surface area contributed by atoms with Gasteiger partial charge in [0.2, 0.25) is 17.7 Å². The van der Waals surface area contributed by atoms with E-state index in [-0.39, 0.29) is 50.1 Å². The highest BCUT2D eigenvalue weighted by Gasteiger charge is 2.30. The fourth-order valence-electron chi connectivity index (χ4n) is 4.62. The number of carbonyl (C=O) groups is 4. The monoisotopic (exact) mass is 580 g/mol. The van der Waals surface area contributed by atoms with Crippen molar-refractivity contribution in [3.63, 3.8) is 0 Å². The molecule has 2 atom stereocenters. The van der Waals surface area contributed by atoms with Crippen LogP contribution in [0.2, 0.25) is 0 Å². The van der Waals surface area contributed by atoms with Crippen LogP contribution in [-0.2, 0) is 14.4 Å². The molecule has 0 saturated carbocycles. The summed E-state index contributed by atoms with van der Waals surface area (Å²) >= 11 is 0. The molecule has 1 heterocycles. The van der Waals surface area contributed by atoms with Crippen molar-refractivity contribution in [2.75, 3.05) is 33.4 Å². The van der Waals surface area contributed by atoms with E-state index in [2.05, 4.69) is 35.9 Å². The van der Waals surface area contributed by atoms with Crippen molar-refractivity contribution < 1.29 is 28.7 Å². The third kappa shape index (κ3) is 9.22. The van der Waals surface area contributed by atoms with Gasteiger partial charge in [0.15, 0.2) is 0 Å². The third-order valence-corrected chi connectivity index (χ3v) is 7.08. The van der Waals surface area contributed by atoms with Crippen LogP contribution < -0.4 is 25.4 Å². The molecule has 2 aromatic carbocycles. The standard InChI is InChI=1S/C32H44N4O6/c1-20(2)17-26-32(40)36(6)14-16-42-27-10-8-7-9-24(27)30(38)35-25(19-29(37)34-26)31(39)33-13-15-41-28-18-23(21(3)4)12-11-22(28)5/h7-12,18,20-21,25-26H,13-17,19H2,1-6H3,(H,33,39)(H,34,37)(H,35,38)/t25-,26-/m0/s1. The number of fused-ring (bicyclic) bond motifs is 1. The Morgan fingerprint density at radius 2 is 1.83 bits per heavy atom. The van der Waals surface area contributed by atoms with Crippen molar-refractivity contribution in [2.45, 2.75) is 65.5 Å². The van der Waals surface area contributed by atoms with E-state index in [0.717, 1.165) is 16.9 Å². The predicted molar refractivity (Wildman–Crippen MR) is 161 cm³/mol. The maximum atomic E-state index is 13.3. The lowest BCUT2D eigenvalue weighted by Gasteiger charge is -2.27. The van der Waals surface area contributed by atoms with Gasteiger partial charge in [-0.15, -0.1) is 0 Å². The normalized spacial score (nSPS) is 18.5. The first-order valence-corrected chi connectivity index (χ1v) is 14.5.